The van der Waals surface area contributed by atoms with Crippen LogP contribution in [-0.4, -0.2) is 53.6 Å². The molecule has 1 fully saturated rings. The first-order valence-corrected chi connectivity index (χ1v) is 6.54. The number of rotatable bonds is 5. The van der Waals surface area contributed by atoms with Crippen molar-refractivity contribution in [2.75, 3.05) is 20.3 Å². The molecule has 1 amide bonds. The Hall–Kier alpha value is -2.58. The number of nitrogens with one attached hydrogen (secondary N) is 2. The van der Waals surface area contributed by atoms with Crippen molar-refractivity contribution >= 4 is 17.9 Å². The molecule has 22 heavy (non-hydrogen) atoms. The second-order valence-electron chi connectivity index (χ2n) is 4.59. The number of carbonyl (C=O) groups excluding carboxylic acids is 1. The van der Waals surface area contributed by atoms with E-state index in [9.17, 15) is 15.0 Å². The predicted octanol–water partition coefficient (Wildman–Crippen LogP) is -0.830. The van der Waals surface area contributed by atoms with E-state index in [1.807, 2.05) is 0 Å². The lowest BCUT2D eigenvalue weighted by molar-refractivity contribution is -0.115. The average molecular weight is 307 g/mol. The van der Waals surface area contributed by atoms with Crippen LogP contribution in [0, 0.1) is 0 Å². The van der Waals surface area contributed by atoms with Crippen LogP contribution in [0.4, 0.5) is 0 Å². The second kappa shape index (κ2) is 6.92. The summed E-state index contributed by atoms with van der Waals surface area (Å²) in [6.45, 7) is -0.430. The Morgan fingerprint density at radius 2 is 2.18 bits per heavy atom. The topological polar surface area (TPSA) is 123 Å². The van der Waals surface area contributed by atoms with Crippen LogP contribution in [0.5, 0.6) is 11.5 Å². The molecular weight excluding hydrogens is 290 g/mol. The molecule has 8 nitrogen and oxygen atoms in total. The highest BCUT2D eigenvalue weighted by atomic mass is 16.5. The summed E-state index contributed by atoms with van der Waals surface area (Å²) < 4.78 is 5.00. The summed E-state index contributed by atoms with van der Waals surface area (Å²) in [5.41, 5.74) is 0.925. The number of amides is 1. The predicted molar refractivity (Wildman–Crippen MR) is 79.3 cm³/mol. The van der Waals surface area contributed by atoms with E-state index in [4.69, 9.17) is 9.84 Å². The van der Waals surface area contributed by atoms with Gasteiger partial charge in [0.1, 0.15) is 5.70 Å². The zero-order valence-corrected chi connectivity index (χ0v) is 11.9. The van der Waals surface area contributed by atoms with Crippen molar-refractivity contribution in [1.29, 1.82) is 0 Å². The molecular formula is C14H17N3O5. The van der Waals surface area contributed by atoms with Gasteiger partial charge in [-0.1, -0.05) is 6.07 Å². The normalized spacial score (nSPS) is 19.1. The number of aliphatic hydroxyl groups excluding tert-OH is 2. The van der Waals surface area contributed by atoms with Gasteiger partial charge < -0.3 is 25.4 Å². The average Bonchev–Trinajstić information content (AvgIpc) is 2.86. The summed E-state index contributed by atoms with van der Waals surface area (Å²) in [5, 5.41) is 32.7. The zero-order valence-electron chi connectivity index (χ0n) is 11.9. The van der Waals surface area contributed by atoms with Crippen LogP contribution in [0.25, 0.3) is 6.08 Å². The Morgan fingerprint density at radius 1 is 1.41 bits per heavy atom. The van der Waals surface area contributed by atoms with Gasteiger partial charge in [-0.3, -0.25) is 10.1 Å². The highest BCUT2D eigenvalue weighted by Gasteiger charge is 2.21. The first kappa shape index (κ1) is 15.8. The number of guanidine groups is 1. The quantitative estimate of drug-likeness (QED) is 0.452. The Balaban J connectivity index is 2.14. The van der Waals surface area contributed by atoms with Crippen LogP contribution in [-0.2, 0) is 4.79 Å². The molecule has 0 bridgehead atoms. The Morgan fingerprint density at radius 3 is 2.86 bits per heavy atom. The Bertz CT molecular complexity index is 627. The largest absolute Gasteiger partial charge is 0.504 e. The number of aliphatic imine (C=N–C) groups is 1. The Labute approximate surface area is 126 Å². The first-order chi connectivity index (χ1) is 10.5. The van der Waals surface area contributed by atoms with Crippen molar-refractivity contribution in [3.63, 3.8) is 0 Å². The lowest BCUT2D eigenvalue weighted by Crippen LogP contribution is -2.27. The van der Waals surface area contributed by atoms with Crippen LogP contribution in [0.1, 0.15) is 5.56 Å². The van der Waals surface area contributed by atoms with E-state index in [1.165, 1.54) is 13.2 Å². The van der Waals surface area contributed by atoms with Gasteiger partial charge in [-0.2, -0.15) is 0 Å². The lowest BCUT2D eigenvalue weighted by atomic mass is 10.1. The van der Waals surface area contributed by atoms with Gasteiger partial charge in [0.2, 0.25) is 5.96 Å². The molecule has 1 aromatic carbocycles. The third kappa shape index (κ3) is 3.74. The highest BCUT2D eigenvalue weighted by Crippen LogP contribution is 2.27. The zero-order chi connectivity index (χ0) is 16.1. The van der Waals surface area contributed by atoms with Gasteiger partial charge in [0.15, 0.2) is 11.5 Å². The van der Waals surface area contributed by atoms with Crippen molar-refractivity contribution in [3.8, 4) is 11.5 Å². The molecule has 1 aromatic rings. The van der Waals surface area contributed by atoms with E-state index in [0.29, 0.717) is 11.3 Å². The number of ether oxygens (including phenoxy) is 1. The maximum Gasteiger partial charge on any atom is 0.274 e. The minimum atomic E-state index is -0.972. The van der Waals surface area contributed by atoms with Crippen molar-refractivity contribution < 1.29 is 24.9 Å². The smallest absolute Gasteiger partial charge is 0.274 e. The molecule has 1 atom stereocenters. The van der Waals surface area contributed by atoms with Gasteiger partial charge >= 0.3 is 0 Å². The number of aliphatic hydroxyl groups is 2. The summed E-state index contributed by atoms with van der Waals surface area (Å²) in [6.07, 6.45) is 0.600. The molecule has 0 aromatic heterocycles. The van der Waals surface area contributed by atoms with E-state index in [2.05, 4.69) is 15.6 Å². The third-order valence-electron chi connectivity index (χ3n) is 2.92. The molecule has 0 saturated carbocycles. The lowest BCUT2D eigenvalue weighted by Gasteiger charge is -2.04. The Kier molecular flexibility index (Phi) is 4.97. The second-order valence-corrected chi connectivity index (χ2v) is 4.59. The van der Waals surface area contributed by atoms with Crippen molar-refractivity contribution in [3.05, 3.63) is 29.5 Å². The number of phenols is 1. The first-order valence-electron chi connectivity index (χ1n) is 6.54. The van der Waals surface area contributed by atoms with Crippen LogP contribution in [0.15, 0.2) is 28.9 Å². The van der Waals surface area contributed by atoms with Gasteiger partial charge in [-0.15, -0.1) is 0 Å². The van der Waals surface area contributed by atoms with Gasteiger partial charge in [-0.05, 0) is 23.8 Å². The van der Waals surface area contributed by atoms with E-state index < -0.39 is 12.7 Å². The fraction of sp³-hybridized carbons (Fsp3) is 0.286. The molecule has 2 rings (SSSR count). The fourth-order valence-corrected chi connectivity index (χ4v) is 1.78. The van der Waals surface area contributed by atoms with Gasteiger partial charge in [0.05, 0.1) is 26.4 Å². The molecule has 1 unspecified atom stereocenters. The van der Waals surface area contributed by atoms with Crippen LogP contribution < -0.4 is 15.4 Å². The summed E-state index contributed by atoms with van der Waals surface area (Å²) in [7, 11) is 1.43. The molecule has 1 saturated heterocycles. The highest BCUT2D eigenvalue weighted by molar-refractivity contribution is 6.15. The number of benzene rings is 1. The summed E-state index contributed by atoms with van der Waals surface area (Å²) in [6, 6.07) is 4.68. The monoisotopic (exact) mass is 307 g/mol. The van der Waals surface area contributed by atoms with E-state index in [0.717, 1.165) is 0 Å². The van der Waals surface area contributed by atoms with Gasteiger partial charge in [0, 0.05) is 0 Å². The maximum absolute atomic E-state index is 11.8. The number of phenolic OH excluding ortho intramolecular Hbond substituents is 1. The minimum absolute atomic E-state index is 0.00808. The number of carbonyl (C=O) groups is 1. The number of aromatic hydroxyl groups is 1. The van der Waals surface area contributed by atoms with Crippen molar-refractivity contribution in [2.24, 2.45) is 4.99 Å². The molecule has 118 valence electrons. The molecule has 0 aliphatic carbocycles. The standard InChI is InChI=1S/C14H17N3O5/c1-22-12-5-8(2-3-11(12)20)4-10-13(21)17-14(16-10)15-6-9(19)7-18/h2-5,9,18-20H,6-7H2,1H3,(H2,15,16,17,21)/b10-4+. The molecule has 1 aliphatic rings. The number of methoxy groups -OCH3 is 1. The van der Waals surface area contributed by atoms with Crippen LogP contribution in [0.3, 0.4) is 0 Å². The molecule has 1 heterocycles. The summed E-state index contributed by atoms with van der Waals surface area (Å²) in [4.78, 5) is 15.8. The fourth-order valence-electron chi connectivity index (χ4n) is 1.78. The minimum Gasteiger partial charge on any atom is -0.504 e. The van der Waals surface area contributed by atoms with Crippen molar-refractivity contribution in [2.45, 2.75) is 6.10 Å². The maximum atomic E-state index is 11.8. The molecule has 0 spiro atoms. The van der Waals surface area contributed by atoms with E-state index in [-0.39, 0.29) is 29.9 Å². The number of hydrogen-bond donors (Lipinski definition) is 5. The van der Waals surface area contributed by atoms with Crippen LogP contribution >= 0.6 is 0 Å². The summed E-state index contributed by atoms with van der Waals surface area (Å²) in [5.74, 6) is 0.139. The molecule has 5 N–H and O–H groups in total. The van der Waals surface area contributed by atoms with E-state index in [1.54, 1.807) is 18.2 Å². The van der Waals surface area contributed by atoms with Crippen molar-refractivity contribution in [1.82, 2.24) is 10.6 Å². The SMILES string of the molecule is COc1cc(/C=C2/NC(=NCC(O)CO)NC2=O)ccc1O. The van der Waals surface area contributed by atoms with E-state index >= 15 is 0 Å². The molecule has 1 aliphatic heterocycles. The molecule has 0 radical (unpaired) electrons. The summed E-state index contributed by atoms with van der Waals surface area (Å²) >= 11 is 0. The third-order valence-corrected chi connectivity index (χ3v) is 2.92. The number of nitrogens with zero attached hydrogens (tertiary/aromatic N) is 1. The van der Waals surface area contributed by atoms with Gasteiger partial charge in [0.25, 0.3) is 5.91 Å². The number of hydrogen-bond acceptors (Lipinski definition) is 6. The van der Waals surface area contributed by atoms with Crippen LogP contribution in [0.2, 0.25) is 0 Å². The van der Waals surface area contributed by atoms with Gasteiger partial charge in [-0.25, -0.2) is 4.99 Å². The molecule has 8 heteroatoms.